The highest BCUT2D eigenvalue weighted by Gasteiger charge is 2.24. The fourth-order valence-electron chi connectivity index (χ4n) is 3.84. The topological polar surface area (TPSA) is 46.3 Å². The Morgan fingerprint density at radius 3 is 2.85 bits per heavy atom. The second kappa shape index (κ2) is 7.21. The van der Waals surface area contributed by atoms with Crippen molar-refractivity contribution >= 4 is 17.0 Å². The zero-order valence-electron chi connectivity index (χ0n) is 15.0. The van der Waals surface area contributed by atoms with Gasteiger partial charge in [0.05, 0.1) is 0 Å². The smallest absolute Gasteiger partial charge is 0.156 e. The molecule has 0 radical (unpaired) electrons. The molecule has 1 atom stereocenters. The van der Waals surface area contributed by atoms with Gasteiger partial charge in [0.15, 0.2) is 11.5 Å². The maximum absolute atomic E-state index is 4.82. The fourth-order valence-corrected chi connectivity index (χ4v) is 4.50. The van der Waals surface area contributed by atoms with Crippen molar-refractivity contribution in [3.63, 3.8) is 0 Å². The Labute approximate surface area is 162 Å². The van der Waals surface area contributed by atoms with Crippen LogP contribution in [0.25, 0.3) is 16.8 Å². The van der Waals surface area contributed by atoms with E-state index < -0.39 is 0 Å². The molecule has 0 aromatic carbocycles. The maximum atomic E-state index is 4.82. The average Bonchev–Trinajstić information content (AvgIpc) is 3.38. The largest absolute Gasteiger partial charge is 0.298 e. The van der Waals surface area contributed by atoms with Crippen LogP contribution in [0.1, 0.15) is 30.1 Å². The minimum absolute atomic E-state index is 0.404. The Bertz CT molecular complexity index is 1030. The lowest BCUT2D eigenvalue weighted by Crippen LogP contribution is -2.34. The monoisotopic (exact) mass is 375 g/mol. The van der Waals surface area contributed by atoms with Gasteiger partial charge < -0.3 is 0 Å². The number of likely N-dealkylation sites (tertiary alicyclic amines) is 1. The number of rotatable bonds is 4. The molecule has 0 N–H and O–H groups in total. The predicted molar refractivity (Wildman–Crippen MR) is 108 cm³/mol. The van der Waals surface area contributed by atoms with Gasteiger partial charge in [0.25, 0.3) is 0 Å². The Morgan fingerprint density at radius 2 is 2.00 bits per heavy atom. The second-order valence-electron chi connectivity index (χ2n) is 7.13. The number of hydrogen-bond donors (Lipinski definition) is 0. The second-order valence-corrected chi connectivity index (χ2v) is 7.91. The van der Waals surface area contributed by atoms with Crippen LogP contribution in [0.2, 0.25) is 0 Å². The van der Waals surface area contributed by atoms with E-state index in [1.165, 1.54) is 12.0 Å². The molecule has 0 bridgehead atoms. The summed E-state index contributed by atoms with van der Waals surface area (Å²) >= 11 is 1.77. The zero-order chi connectivity index (χ0) is 18.1. The van der Waals surface area contributed by atoms with Crippen molar-refractivity contribution in [1.82, 2.24) is 24.5 Å². The van der Waals surface area contributed by atoms with Gasteiger partial charge in [-0.3, -0.25) is 9.88 Å². The Hall–Kier alpha value is -2.57. The van der Waals surface area contributed by atoms with E-state index in [1.54, 1.807) is 11.3 Å². The molecule has 5 heterocycles. The van der Waals surface area contributed by atoms with Crippen LogP contribution >= 0.6 is 11.3 Å². The molecule has 27 heavy (non-hydrogen) atoms. The summed E-state index contributed by atoms with van der Waals surface area (Å²) in [6.07, 6.45) is 8.06. The molecule has 136 valence electrons. The third-order valence-corrected chi connectivity index (χ3v) is 5.95. The maximum Gasteiger partial charge on any atom is 0.156 e. The van der Waals surface area contributed by atoms with Crippen molar-refractivity contribution in [2.24, 2.45) is 0 Å². The molecule has 0 amide bonds. The highest BCUT2D eigenvalue weighted by molar-refractivity contribution is 7.07. The van der Waals surface area contributed by atoms with Crippen molar-refractivity contribution in [3.05, 3.63) is 71.1 Å². The van der Waals surface area contributed by atoms with Crippen molar-refractivity contribution in [2.75, 3.05) is 13.1 Å². The first-order valence-electron chi connectivity index (χ1n) is 9.35. The van der Waals surface area contributed by atoms with Gasteiger partial charge in [-0.1, -0.05) is 0 Å². The number of thiophene rings is 1. The van der Waals surface area contributed by atoms with E-state index in [0.717, 1.165) is 48.7 Å². The molecule has 4 aromatic heterocycles. The lowest BCUT2D eigenvalue weighted by atomic mass is 9.97. The van der Waals surface area contributed by atoms with E-state index >= 15 is 0 Å². The number of hydrogen-bond acceptors (Lipinski definition) is 5. The zero-order valence-corrected chi connectivity index (χ0v) is 15.8. The van der Waals surface area contributed by atoms with Crippen molar-refractivity contribution < 1.29 is 0 Å². The highest BCUT2D eigenvalue weighted by atomic mass is 32.1. The van der Waals surface area contributed by atoms with Crippen LogP contribution in [0.15, 0.2) is 59.7 Å². The first-order chi connectivity index (χ1) is 13.3. The number of fused-ring (bicyclic) bond motifs is 1. The van der Waals surface area contributed by atoms with Crippen LogP contribution in [-0.4, -0.2) is 37.6 Å². The van der Waals surface area contributed by atoms with E-state index in [9.17, 15) is 0 Å². The van der Waals surface area contributed by atoms with E-state index in [1.807, 2.05) is 29.0 Å². The van der Waals surface area contributed by atoms with Gasteiger partial charge in [0.1, 0.15) is 0 Å². The molecule has 1 fully saturated rings. The van der Waals surface area contributed by atoms with Crippen molar-refractivity contribution in [2.45, 2.75) is 25.3 Å². The molecule has 0 saturated carbocycles. The molecule has 1 aliphatic heterocycles. The van der Waals surface area contributed by atoms with Crippen molar-refractivity contribution in [3.8, 4) is 11.1 Å². The van der Waals surface area contributed by atoms with Crippen LogP contribution in [0.4, 0.5) is 0 Å². The van der Waals surface area contributed by atoms with E-state index in [-0.39, 0.29) is 0 Å². The molecule has 5 nitrogen and oxygen atoms in total. The molecule has 6 heteroatoms. The van der Waals surface area contributed by atoms with Gasteiger partial charge in [-0.05, 0) is 71.6 Å². The lowest BCUT2D eigenvalue weighted by molar-refractivity contribution is 0.197. The summed E-state index contributed by atoms with van der Waals surface area (Å²) in [6.45, 7) is 3.22. The van der Waals surface area contributed by atoms with Crippen LogP contribution in [0.5, 0.6) is 0 Å². The Balaban J connectivity index is 1.38. The van der Waals surface area contributed by atoms with E-state index in [0.29, 0.717) is 5.92 Å². The Morgan fingerprint density at radius 1 is 1.07 bits per heavy atom. The molecule has 5 rings (SSSR count). The van der Waals surface area contributed by atoms with Gasteiger partial charge in [-0.2, -0.15) is 16.4 Å². The molecule has 0 unspecified atom stereocenters. The Kier molecular flexibility index (Phi) is 4.43. The molecule has 1 aliphatic rings. The molecular weight excluding hydrogens is 354 g/mol. The molecular formula is C21H21N5S. The SMILES string of the molecule is c1cc(-c2ccc3nc([C@H]4CCCN(Cc5ccsc5)C4)nn3c2)ccn1. The number of nitrogens with zero attached hydrogens (tertiary/aromatic N) is 5. The third kappa shape index (κ3) is 3.50. The molecule has 4 aromatic rings. The summed E-state index contributed by atoms with van der Waals surface area (Å²) in [5.41, 5.74) is 4.59. The van der Waals surface area contributed by atoms with Gasteiger partial charge in [-0.15, -0.1) is 0 Å². The van der Waals surface area contributed by atoms with E-state index in [4.69, 9.17) is 10.1 Å². The van der Waals surface area contributed by atoms with Crippen LogP contribution < -0.4 is 0 Å². The average molecular weight is 376 g/mol. The quantitative estimate of drug-likeness (QED) is 0.535. The van der Waals surface area contributed by atoms with Gasteiger partial charge in [-0.25, -0.2) is 9.50 Å². The number of aromatic nitrogens is 4. The molecule has 1 saturated heterocycles. The van der Waals surface area contributed by atoms with Crippen LogP contribution in [0, 0.1) is 0 Å². The summed E-state index contributed by atoms with van der Waals surface area (Å²) in [6, 6.07) is 10.4. The fraction of sp³-hybridized carbons (Fsp3) is 0.286. The van der Waals surface area contributed by atoms with Gasteiger partial charge >= 0.3 is 0 Å². The standard InChI is InChI=1S/C21H21N5S/c1-2-19(13-25(10-1)12-16-7-11-27-15-16)21-23-20-4-3-18(14-26(20)24-21)17-5-8-22-9-6-17/h3-9,11,14-15,19H,1-2,10,12-13H2/t19-/m0/s1. The third-order valence-electron chi connectivity index (χ3n) is 5.22. The van der Waals surface area contributed by atoms with Crippen molar-refractivity contribution in [1.29, 1.82) is 0 Å². The summed E-state index contributed by atoms with van der Waals surface area (Å²) in [7, 11) is 0. The van der Waals surface area contributed by atoms with E-state index in [2.05, 4.69) is 45.0 Å². The lowest BCUT2D eigenvalue weighted by Gasteiger charge is -2.31. The minimum atomic E-state index is 0.404. The highest BCUT2D eigenvalue weighted by Crippen LogP contribution is 2.27. The number of piperidine rings is 1. The van der Waals surface area contributed by atoms with Crippen LogP contribution in [0.3, 0.4) is 0 Å². The van der Waals surface area contributed by atoms with Gasteiger partial charge in [0, 0.05) is 43.2 Å². The first kappa shape index (κ1) is 16.6. The van der Waals surface area contributed by atoms with Crippen LogP contribution in [-0.2, 0) is 6.54 Å². The summed E-state index contributed by atoms with van der Waals surface area (Å²) in [5, 5.41) is 9.22. The first-order valence-corrected chi connectivity index (χ1v) is 10.3. The number of pyridine rings is 2. The normalized spacial score (nSPS) is 18.1. The van der Waals surface area contributed by atoms with Gasteiger partial charge in [0.2, 0.25) is 0 Å². The predicted octanol–water partition coefficient (Wildman–Crippen LogP) is 4.23. The summed E-state index contributed by atoms with van der Waals surface area (Å²) in [4.78, 5) is 11.4. The molecule has 0 aliphatic carbocycles. The minimum Gasteiger partial charge on any atom is -0.298 e. The molecule has 0 spiro atoms. The summed E-state index contributed by atoms with van der Waals surface area (Å²) in [5.74, 6) is 1.37. The summed E-state index contributed by atoms with van der Waals surface area (Å²) < 4.78 is 1.92.